The lowest BCUT2D eigenvalue weighted by Crippen LogP contribution is -2.58. The molecule has 7 rings (SSSR count). The third-order valence-corrected chi connectivity index (χ3v) is 14.4. The van der Waals surface area contributed by atoms with Crippen molar-refractivity contribution in [3.8, 4) is 11.1 Å². The van der Waals surface area contributed by atoms with E-state index in [4.69, 9.17) is 28.1 Å². The van der Waals surface area contributed by atoms with Crippen LogP contribution in [0.4, 0.5) is 0 Å². The number of hydrogen-bond acceptors (Lipinski definition) is 10. The lowest BCUT2D eigenvalue weighted by atomic mass is 10.0. The number of rotatable bonds is 10. The average Bonchev–Trinajstić information content (AvgIpc) is 3.85. The Morgan fingerprint density at radius 3 is 2.40 bits per heavy atom. The summed E-state index contributed by atoms with van der Waals surface area (Å²) in [6.07, 6.45) is 7.72. The molecule has 0 radical (unpaired) electrons. The molecule has 16 heteroatoms. The van der Waals surface area contributed by atoms with Crippen molar-refractivity contribution in [1.29, 1.82) is 0 Å². The van der Waals surface area contributed by atoms with Crippen molar-refractivity contribution >= 4 is 61.8 Å². The summed E-state index contributed by atoms with van der Waals surface area (Å²) in [5.41, 5.74) is 15.3. The number of pyridine rings is 1. The van der Waals surface area contributed by atoms with Crippen molar-refractivity contribution in [2.75, 3.05) is 26.4 Å². The van der Waals surface area contributed by atoms with Crippen LogP contribution in [0.5, 0.6) is 0 Å². The number of nitrogens with two attached hydrogens (primary N) is 2. The van der Waals surface area contributed by atoms with E-state index >= 15 is 0 Å². The second-order valence-electron chi connectivity index (χ2n) is 15.6. The molecule has 1 spiro atoms. The molecule has 316 valence electrons. The highest BCUT2D eigenvalue weighted by molar-refractivity contribution is 7.99. The maximum Gasteiger partial charge on any atom is 0.246 e. The van der Waals surface area contributed by atoms with Gasteiger partial charge in [-0.05, 0) is 116 Å². The summed E-state index contributed by atoms with van der Waals surface area (Å²) in [5, 5.41) is 11.7. The molecule has 13 nitrogen and oxygen atoms in total. The normalized spacial score (nSPS) is 21.6. The summed E-state index contributed by atoms with van der Waals surface area (Å²) in [6.45, 7) is 1.16. The molecular formula is C44H51ClN8O5S2. The van der Waals surface area contributed by atoms with E-state index in [1.54, 1.807) is 37.5 Å². The van der Waals surface area contributed by atoms with Crippen LogP contribution in [0.1, 0.15) is 61.1 Å². The molecule has 3 aromatic carbocycles. The van der Waals surface area contributed by atoms with Crippen LogP contribution in [0.15, 0.2) is 100 Å². The van der Waals surface area contributed by atoms with Crippen LogP contribution in [0.3, 0.4) is 0 Å². The Morgan fingerprint density at radius 1 is 0.900 bits per heavy atom. The van der Waals surface area contributed by atoms with Gasteiger partial charge in [0.25, 0.3) is 0 Å². The minimum absolute atomic E-state index is 0.0543. The minimum Gasteiger partial charge on any atom is -0.361 e. The summed E-state index contributed by atoms with van der Waals surface area (Å²) >= 11 is 8.50. The van der Waals surface area contributed by atoms with Gasteiger partial charge in [-0.15, -0.1) is 0 Å². The quantitative estimate of drug-likeness (QED) is 0.100. The smallest absolute Gasteiger partial charge is 0.246 e. The first-order valence-corrected chi connectivity index (χ1v) is 23.2. The maximum atomic E-state index is 15.0. The van der Waals surface area contributed by atoms with E-state index in [9.17, 15) is 22.8 Å². The molecule has 60 heavy (non-hydrogen) atoms. The van der Waals surface area contributed by atoms with Crippen LogP contribution >= 0.6 is 23.4 Å². The molecule has 2 unspecified atom stereocenters. The van der Waals surface area contributed by atoms with Crippen LogP contribution in [-0.2, 0) is 37.3 Å². The molecule has 2 aliphatic rings. The molecule has 1 fully saturated rings. The fourth-order valence-electron chi connectivity index (χ4n) is 8.14. The molecule has 3 heterocycles. The predicted molar refractivity (Wildman–Crippen MR) is 235 cm³/mol. The minimum atomic E-state index is -3.41. The number of hydrogen-bond donors (Lipinski definition) is 6. The molecule has 1 saturated carbocycles. The number of carbonyl (C=O) groups is 3. The Morgan fingerprint density at radius 2 is 1.65 bits per heavy atom. The van der Waals surface area contributed by atoms with Crippen molar-refractivity contribution in [3.05, 3.63) is 107 Å². The number of nitrogens with one attached hydrogen (secondary N) is 4. The van der Waals surface area contributed by atoms with Gasteiger partial charge < -0.3 is 37.3 Å². The van der Waals surface area contributed by atoms with Crippen molar-refractivity contribution in [3.63, 3.8) is 0 Å². The number of halogens is 1. The number of sulfone groups is 1. The first kappa shape index (κ1) is 43.3. The van der Waals surface area contributed by atoms with Crippen molar-refractivity contribution in [1.82, 2.24) is 30.8 Å². The third kappa shape index (κ3) is 9.11. The molecule has 0 bridgehead atoms. The SMILES string of the molecule is CN1C(=O)[C@H](CCCCN)NC(=O)[C@H](CCCN)NCc2cccnc2Sc2c(Cl)cc(-c3ccc(S(C)(=O)=O)cc3)cc2CNC(=O)C12CC2c1c[nH]c2ccccc12. The summed E-state index contributed by atoms with van der Waals surface area (Å²) in [6, 6.07) is 20.3. The zero-order valence-electron chi connectivity index (χ0n) is 33.7. The van der Waals surface area contributed by atoms with E-state index < -0.39 is 27.5 Å². The Balaban J connectivity index is 1.34. The number of nitrogens with zero attached hydrogens (tertiary/aromatic N) is 2. The highest BCUT2D eigenvalue weighted by Crippen LogP contribution is 2.57. The fourth-order valence-corrected chi connectivity index (χ4v) is 10.1. The monoisotopic (exact) mass is 870 g/mol. The largest absolute Gasteiger partial charge is 0.361 e. The second kappa shape index (κ2) is 18.5. The number of para-hydroxylation sites is 1. The Kier molecular flexibility index (Phi) is 13.3. The number of fused-ring (bicyclic) bond motifs is 3. The molecule has 2 aromatic heterocycles. The first-order valence-electron chi connectivity index (χ1n) is 20.2. The van der Waals surface area contributed by atoms with E-state index in [0.29, 0.717) is 72.1 Å². The highest BCUT2D eigenvalue weighted by atomic mass is 35.5. The molecule has 5 aromatic rings. The topological polar surface area (TPSA) is 205 Å². The summed E-state index contributed by atoms with van der Waals surface area (Å²) in [4.78, 5) is 54.4. The summed E-state index contributed by atoms with van der Waals surface area (Å²) in [7, 11) is -1.76. The average molecular weight is 872 g/mol. The van der Waals surface area contributed by atoms with E-state index in [0.717, 1.165) is 39.4 Å². The van der Waals surface area contributed by atoms with E-state index in [2.05, 4.69) is 20.9 Å². The molecule has 1 aliphatic heterocycles. The number of likely N-dealkylation sites (N-methyl/N-ethyl adjacent to an activating group) is 1. The number of carbonyl (C=O) groups excluding carboxylic acids is 3. The van der Waals surface area contributed by atoms with Gasteiger partial charge in [0.1, 0.15) is 16.6 Å². The first-order chi connectivity index (χ1) is 28.8. The van der Waals surface area contributed by atoms with Crippen molar-refractivity contribution < 1.29 is 22.8 Å². The number of amides is 3. The van der Waals surface area contributed by atoms with Gasteiger partial charge in [-0.2, -0.15) is 0 Å². The number of aromatic nitrogens is 2. The molecular weight excluding hydrogens is 820 g/mol. The second-order valence-corrected chi connectivity index (χ2v) is 19.0. The zero-order chi connectivity index (χ0) is 42.6. The molecule has 0 saturated heterocycles. The molecule has 1 aliphatic carbocycles. The maximum absolute atomic E-state index is 15.0. The van der Waals surface area contributed by atoms with Crippen molar-refractivity contribution in [2.24, 2.45) is 11.5 Å². The van der Waals surface area contributed by atoms with Crippen LogP contribution in [0, 0.1) is 0 Å². The van der Waals surface area contributed by atoms with E-state index in [-0.39, 0.29) is 41.6 Å². The lowest BCUT2D eigenvalue weighted by molar-refractivity contribution is -0.144. The van der Waals surface area contributed by atoms with Crippen LogP contribution in [0.2, 0.25) is 5.02 Å². The number of benzene rings is 3. The highest BCUT2D eigenvalue weighted by Gasteiger charge is 2.65. The number of H-pyrrole nitrogens is 1. The van der Waals surface area contributed by atoms with Crippen LogP contribution < -0.4 is 27.4 Å². The predicted octanol–water partition coefficient (Wildman–Crippen LogP) is 5.26. The third-order valence-electron chi connectivity index (χ3n) is 11.6. The van der Waals surface area contributed by atoms with Gasteiger partial charge in [0, 0.05) is 60.5 Å². The van der Waals surface area contributed by atoms with Crippen LogP contribution in [-0.4, -0.2) is 85.0 Å². The van der Waals surface area contributed by atoms with Gasteiger partial charge in [-0.1, -0.05) is 59.8 Å². The summed E-state index contributed by atoms with van der Waals surface area (Å²) < 4.78 is 24.5. The van der Waals surface area contributed by atoms with Gasteiger partial charge in [0.2, 0.25) is 17.7 Å². The van der Waals surface area contributed by atoms with Crippen molar-refractivity contribution in [2.45, 2.75) is 90.0 Å². The fraction of sp³-hybridized carbons (Fsp3) is 0.364. The molecule has 3 amide bonds. The van der Waals surface area contributed by atoms with Gasteiger partial charge in [0.05, 0.1) is 16.0 Å². The number of unbranched alkanes of at least 4 members (excludes halogenated alkanes) is 1. The van der Waals surface area contributed by atoms with E-state index in [1.165, 1.54) is 16.7 Å². The molecule has 4 atom stereocenters. The van der Waals surface area contributed by atoms with Gasteiger partial charge in [-0.3, -0.25) is 14.4 Å². The van der Waals surface area contributed by atoms with Crippen LogP contribution in [0.25, 0.3) is 22.0 Å². The Bertz CT molecular complexity index is 2500. The van der Waals surface area contributed by atoms with Gasteiger partial charge in [-0.25, -0.2) is 13.4 Å². The summed E-state index contributed by atoms with van der Waals surface area (Å²) in [5.74, 6) is -1.40. The standard InChI is InChI=1S/C44H51ClN8O5S2/c1-53-42(55)38(12-5-6-18-46)52-40(54)37(13-7-19-47)49-24-28-9-8-20-48-41(28)59-39-30(21-29(22-35(39)45)27-14-16-31(17-15-27)60(2,57)58)25-51-43(56)44(53)23-34(44)33-26-50-36-11-4-3-10-32(33)36/h3-4,8-11,14-17,20-22,26,34,37-38,49-50H,5-7,12-13,18-19,23-25,46-47H2,1-2H3,(H,51,56)(H,52,54)/t34?,37-,38-,44?/m0/s1. The number of aromatic amines is 1. The molecule has 8 N–H and O–H groups in total. The zero-order valence-corrected chi connectivity index (χ0v) is 36.1. The van der Waals surface area contributed by atoms with Gasteiger partial charge >= 0.3 is 0 Å². The Labute approximate surface area is 359 Å². The van der Waals surface area contributed by atoms with E-state index in [1.807, 2.05) is 54.7 Å². The lowest BCUT2D eigenvalue weighted by Gasteiger charge is -2.33. The Hall–Kier alpha value is -4.77. The van der Waals surface area contributed by atoms with Gasteiger partial charge in [0.15, 0.2) is 9.84 Å².